The van der Waals surface area contributed by atoms with Gasteiger partial charge >= 0.3 is 0 Å². The van der Waals surface area contributed by atoms with Crippen LogP contribution in [0.15, 0.2) is 24.3 Å². The monoisotopic (exact) mass is 233 g/mol. The number of aliphatic hydroxyl groups is 1. The molecule has 0 unspecified atom stereocenters. The molecule has 0 saturated carbocycles. The molecule has 0 fully saturated rings. The first-order valence-electron chi connectivity index (χ1n) is 5.73. The van der Waals surface area contributed by atoms with E-state index in [0.29, 0.717) is 6.54 Å². The predicted octanol–water partition coefficient (Wildman–Crippen LogP) is 1.78. The highest BCUT2D eigenvalue weighted by atomic mass is 16.3. The van der Waals surface area contributed by atoms with Crippen LogP contribution in [0, 0.1) is 0 Å². The second-order valence-corrected chi connectivity index (χ2v) is 5.13. The highest BCUT2D eigenvalue weighted by Crippen LogP contribution is 2.21. The molecule has 1 aromatic heterocycles. The largest absolute Gasteiger partial charge is 0.389 e. The van der Waals surface area contributed by atoms with Crippen LogP contribution in [0.2, 0.25) is 0 Å². The van der Waals surface area contributed by atoms with Gasteiger partial charge in [0.15, 0.2) is 0 Å². The second-order valence-electron chi connectivity index (χ2n) is 5.13. The van der Waals surface area contributed by atoms with Crippen LogP contribution < -0.4 is 4.90 Å². The lowest BCUT2D eigenvalue weighted by Crippen LogP contribution is -2.37. The first-order valence-corrected chi connectivity index (χ1v) is 5.73. The molecular weight excluding hydrogens is 214 g/mol. The fourth-order valence-electron chi connectivity index (χ4n) is 2.13. The Morgan fingerprint density at radius 3 is 2.59 bits per heavy atom. The van der Waals surface area contributed by atoms with Crippen molar-refractivity contribution >= 4 is 17.0 Å². The number of nitrogens with zero attached hydrogens (tertiary/aromatic N) is 3. The summed E-state index contributed by atoms with van der Waals surface area (Å²) in [5, 5.41) is 9.84. The standard InChI is InChI=1S/C13H19N3O/c1-13(2,17)9-15(3)12-14-10-7-5-6-8-11(10)16(12)4/h5-8,17H,9H2,1-4H3. The van der Waals surface area contributed by atoms with Crippen LogP contribution in [-0.4, -0.2) is 33.9 Å². The number of anilines is 1. The van der Waals surface area contributed by atoms with Gasteiger partial charge in [0.2, 0.25) is 5.95 Å². The lowest BCUT2D eigenvalue weighted by molar-refractivity contribution is 0.0882. The summed E-state index contributed by atoms with van der Waals surface area (Å²) < 4.78 is 2.04. The van der Waals surface area contributed by atoms with E-state index in [9.17, 15) is 5.11 Å². The third-order valence-electron chi connectivity index (χ3n) is 2.73. The summed E-state index contributed by atoms with van der Waals surface area (Å²) in [6, 6.07) is 8.03. The van der Waals surface area contributed by atoms with Gasteiger partial charge < -0.3 is 14.6 Å². The first kappa shape index (κ1) is 11.9. The Labute approximate surface area is 101 Å². The van der Waals surface area contributed by atoms with Gasteiger partial charge in [-0.05, 0) is 26.0 Å². The molecule has 2 aromatic rings. The molecule has 0 aliphatic carbocycles. The van der Waals surface area contributed by atoms with Crippen LogP contribution in [0.3, 0.4) is 0 Å². The van der Waals surface area contributed by atoms with Crippen LogP contribution in [0.1, 0.15) is 13.8 Å². The summed E-state index contributed by atoms with van der Waals surface area (Å²) >= 11 is 0. The van der Waals surface area contributed by atoms with Crippen molar-refractivity contribution in [1.82, 2.24) is 9.55 Å². The summed E-state index contributed by atoms with van der Waals surface area (Å²) in [5.74, 6) is 0.869. The SMILES string of the molecule is CN(CC(C)(C)O)c1nc2ccccc2n1C. The lowest BCUT2D eigenvalue weighted by Gasteiger charge is -2.26. The molecule has 4 heteroatoms. The number of benzene rings is 1. The number of imidazole rings is 1. The van der Waals surface area contributed by atoms with E-state index < -0.39 is 5.60 Å². The highest BCUT2D eigenvalue weighted by molar-refractivity contribution is 5.78. The summed E-state index contributed by atoms with van der Waals surface area (Å²) in [7, 11) is 3.94. The van der Waals surface area contributed by atoms with Gasteiger partial charge in [0.25, 0.3) is 0 Å². The minimum atomic E-state index is -0.729. The molecule has 4 nitrogen and oxygen atoms in total. The Morgan fingerprint density at radius 1 is 1.35 bits per heavy atom. The zero-order valence-corrected chi connectivity index (χ0v) is 10.8. The van der Waals surface area contributed by atoms with Gasteiger partial charge in [0.1, 0.15) is 0 Å². The van der Waals surface area contributed by atoms with Crippen LogP contribution in [0.5, 0.6) is 0 Å². The maximum absolute atomic E-state index is 9.84. The molecular formula is C13H19N3O. The van der Waals surface area contributed by atoms with Crippen molar-refractivity contribution in [3.63, 3.8) is 0 Å². The minimum Gasteiger partial charge on any atom is -0.389 e. The molecule has 2 rings (SSSR count). The van der Waals surface area contributed by atoms with Crippen molar-refractivity contribution < 1.29 is 5.11 Å². The maximum atomic E-state index is 9.84. The molecule has 0 bridgehead atoms. The van der Waals surface area contributed by atoms with Crippen molar-refractivity contribution in [2.24, 2.45) is 7.05 Å². The fraction of sp³-hybridized carbons (Fsp3) is 0.462. The molecule has 0 aliphatic rings. The molecule has 92 valence electrons. The lowest BCUT2D eigenvalue weighted by atomic mass is 10.1. The van der Waals surface area contributed by atoms with E-state index in [0.717, 1.165) is 17.0 Å². The topological polar surface area (TPSA) is 41.3 Å². The normalized spacial score (nSPS) is 12.1. The van der Waals surface area contributed by atoms with Crippen molar-refractivity contribution in [1.29, 1.82) is 0 Å². The maximum Gasteiger partial charge on any atom is 0.206 e. The Morgan fingerprint density at radius 2 is 2.00 bits per heavy atom. The molecule has 1 N–H and O–H groups in total. The van der Waals surface area contributed by atoms with E-state index in [-0.39, 0.29) is 0 Å². The van der Waals surface area contributed by atoms with E-state index in [1.165, 1.54) is 0 Å². The smallest absolute Gasteiger partial charge is 0.206 e. The van der Waals surface area contributed by atoms with Crippen molar-refractivity contribution in [3.8, 4) is 0 Å². The average molecular weight is 233 g/mol. The quantitative estimate of drug-likeness (QED) is 0.878. The summed E-state index contributed by atoms with van der Waals surface area (Å²) in [6.45, 7) is 4.14. The third kappa shape index (κ3) is 2.42. The van der Waals surface area contributed by atoms with Gasteiger partial charge in [-0.15, -0.1) is 0 Å². The third-order valence-corrected chi connectivity index (χ3v) is 2.73. The molecule has 0 atom stereocenters. The van der Waals surface area contributed by atoms with Crippen molar-refractivity contribution in [2.45, 2.75) is 19.4 Å². The Bertz CT molecular complexity index is 525. The summed E-state index contributed by atoms with van der Waals surface area (Å²) in [6.07, 6.45) is 0. The second kappa shape index (κ2) is 4.04. The van der Waals surface area contributed by atoms with Crippen LogP contribution in [-0.2, 0) is 7.05 Å². The van der Waals surface area contributed by atoms with E-state index in [1.807, 2.05) is 47.8 Å². The summed E-state index contributed by atoms with van der Waals surface area (Å²) in [5.41, 5.74) is 1.35. The van der Waals surface area contributed by atoms with Crippen molar-refractivity contribution in [2.75, 3.05) is 18.5 Å². The number of likely N-dealkylation sites (N-methyl/N-ethyl adjacent to an activating group) is 1. The molecule has 0 spiro atoms. The zero-order valence-electron chi connectivity index (χ0n) is 10.8. The van der Waals surface area contributed by atoms with Gasteiger partial charge in [-0.2, -0.15) is 0 Å². The Balaban J connectivity index is 2.39. The van der Waals surface area contributed by atoms with Crippen LogP contribution in [0.25, 0.3) is 11.0 Å². The predicted molar refractivity (Wildman–Crippen MR) is 70.3 cm³/mol. The van der Waals surface area contributed by atoms with Gasteiger partial charge in [-0.3, -0.25) is 0 Å². The van der Waals surface area contributed by atoms with Gasteiger partial charge in [-0.1, -0.05) is 12.1 Å². The molecule has 0 radical (unpaired) electrons. The van der Waals surface area contributed by atoms with Crippen LogP contribution >= 0.6 is 0 Å². The number of aromatic nitrogens is 2. The van der Waals surface area contributed by atoms with Gasteiger partial charge in [0.05, 0.1) is 16.6 Å². The molecule has 17 heavy (non-hydrogen) atoms. The Kier molecular flexibility index (Phi) is 2.83. The first-order chi connectivity index (χ1) is 7.88. The van der Waals surface area contributed by atoms with E-state index >= 15 is 0 Å². The number of rotatable bonds is 3. The number of para-hydroxylation sites is 2. The van der Waals surface area contributed by atoms with Gasteiger partial charge in [-0.25, -0.2) is 4.98 Å². The van der Waals surface area contributed by atoms with Crippen molar-refractivity contribution in [3.05, 3.63) is 24.3 Å². The minimum absolute atomic E-state index is 0.546. The molecule has 1 aromatic carbocycles. The zero-order chi connectivity index (χ0) is 12.6. The van der Waals surface area contributed by atoms with Gasteiger partial charge in [0, 0.05) is 20.6 Å². The number of fused-ring (bicyclic) bond motifs is 1. The van der Waals surface area contributed by atoms with Crippen LogP contribution in [0.4, 0.5) is 5.95 Å². The highest BCUT2D eigenvalue weighted by Gasteiger charge is 2.19. The van der Waals surface area contributed by atoms with E-state index in [2.05, 4.69) is 4.98 Å². The number of hydrogen-bond acceptors (Lipinski definition) is 3. The average Bonchev–Trinajstić information content (AvgIpc) is 2.55. The Hall–Kier alpha value is -1.55. The van der Waals surface area contributed by atoms with E-state index in [4.69, 9.17) is 0 Å². The molecule has 0 aliphatic heterocycles. The molecule has 0 amide bonds. The molecule has 1 heterocycles. The number of aryl methyl sites for hydroxylation is 1. The fourth-order valence-corrected chi connectivity index (χ4v) is 2.13. The summed E-state index contributed by atoms with van der Waals surface area (Å²) in [4.78, 5) is 6.55. The van der Waals surface area contributed by atoms with E-state index in [1.54, 1.807) is 13.8 Å². The number of hydrogen-bond donors (Lipinski definition) is 1. The molecule has 0 saturated heterocycles.